The quantitative estimate of drug-likeness (QED) is 0.532. The third kappa shape index (κ3) is 2.26. The van der Waals surface area contributed by atoms with Gasteiger partial charge in [0.15, 0.2) is 11.6 Å². The van der Waals surface area contributed by atoms with Crippen LogP contribution in [0.5, 0.6) is 0 Å². The largest absolute Gasteiger partial charge is 0.294 e. The predicted octanol–water partition coefficient (Wildman–Crippen LogP) is 3.81. The van der Waals surface area contributed by atoms with E-state index in [1.165, 1.54) is 13.8 Å². The highest BCUT2D eigenvalue weighted by Gasteiger charge is 2.11. The maximum absolute atomic E-state index is 11.7. The summed E-state index contributed by atoms with van der Waals surface area (Å²) in [6, 6.07) is 7.54. The van der Waals surface area contributed by atoms with Crippen LogP contribution in [0, 0.1) is 13.8 Å². The molecular formula is C18H16N2O2. The second kappa shape index (κ2) is 4.98. The number of ketones is 2. The van der Waals surface area contributed by atoms with Crippen LogP contribution >= 0.6 is 0 Å². The van der Waals surface area contributed by atoms with Gasteiger partial charge < -0.3 is 0 Å². The molecule has 3 rings (SSSR count). The molecule has 0 atom stereocenters. The molecule has 0 aliphatic carbocycles. The van der Waals surface area contributed by atoms with Gasteiger partial charge in [-0.3, -0.25) is 19.6 Å². The molecule has 0 aliphatic rings. The van der Waals surface area contributed by atoms with Gasteiger partial charge in [-0.25, -0.2) is 0 Å². The van der Waals surface area contributed by atoms with E-state index in [2.05, 4.69) is 9.97 Å². The fraction of sp³-hybridized carbons (Fsp3) is 0.222. The Morgan fingerprint density at radius 2 is 1.14 bits per heavy atom. The van der Waals surface area contributed by atoms with Gasteiger partial charge in [0.05, 0.1) is 11.0 Å². The number of benzene rings is 1. The van der Waals surface area contributed by atoms with E-state index < -0.39 is 0 Å². The Hall–Kier alpha value is -2.62. The standard InChI is InChI=1S/C18H16N2O2/c1-9-15(11(3)21)6-13-5-14-7-16(12(4)22)10(2)20-18(14)8-17(13)19-9/h5-8H,1-4H3. The maximum Gasteiger partial charge on any atom is 0.161 e. The fourth-order valence-electron chi connectivity index (χ4n) is 2.75. The van der Waals surface area contributed by atoms with Crippen molar-refractivity contribution in [3.8, 4) is 0 Å². The molecule has 22 heavy (non-hydrogen) atoms. The van der Waals surface area contributed by atoms with E-state index in [0.717, 1.165) is 33.2 Å². The first-order valence-electron chi connectivity index (χ1n) is 7.11. The van der Waals surface area contributed by atoms with Gasteiger partial charge >= 0.3 is 0 Å². The average molecular weight is 292 g/mol. The SMILES string of the molecule is CC(=O)c1cc2cc3cc(C(C)=O)c(C)nc3cc2nc1C. The number of pyridine rings is 2. The predicted molar refractivity (Wildman–Crippen MR) is 86.5 cm³/mol. The Bertz CT molecular complexity index is 883. The Morgan fingerprint density at radius 1 is 0.727 bits per heavy atom. The summed E-state index contributed by atoms with van der Waals surface area (Å²) in [4.78, 5) is 32.3. The van der Waals surface area contributed by atoms with Crippen molar-refractivity contribution in [3.63, 3.8) is 0 Å². The van der Waals surface area contributed by atoms with E-state index in [4.69, 9.17) is 0 Å². The number of aryl methyl sites for hydroxylation is 2. The zero-order chi connectivity index (χ0) is 16.0. The van der Waals surface area contributed by atoms with Gasteiger partial charge in [0.1, 0.15) is 0 Å². The fourth-order valence-corrected chi connectivity index (χ4v) is 2.75. The van der Waals surface area contributed by atoms with Gasteiger partial charge in [0.2, 0.25) is 0 Å². The van der Waals surface area contributed by atoms with Gasteiger partial charge in [-0.1, -0.05) is 0 Å². The van der Waals surface area contributed by atoms with Crippen molar-refractivity contribution in [2.24, 2.45) is 0 Å². The van der Waals surface area contributed by atoms with E-state index in [1.807, 2.05) is 38.1 Å². The van der Waals surface area contributed by atoms with Gasteiger partial charge in [-0.05, 0) is 52.0 Å². The number of hydrogen-bond donors (Lipinski definition) is 0. The molecule has 0 N–H and O–H groups in total. The Balaban J connectivity index is 2.36. The van der Waals surface area contributed by atoms with Gasteiger partial charge in [-0.2, -0.15) is 0 Å². The van der Waals surface area contributed by atoms with Crippen LogP contribution in [0.2, 0.25) is 0 Å². The van der Waals surface area contributed by atoms with Gasteiger partial charge in [0.25, 0.3) is 0 Å². The van der Waals surface area contributed by atoms with Gasteiger partial charge in [0, 0.05) is 33.3 Å². The molecule has 110 valence electrons. The summed E-state index contributed by atoms with van der Waals surface area (Å²) in [6.45, 7) is 6.74. The lowest BCUT2D eigenvalue weighted by molar-refractivity contribution is 0.100. The van der Waals surface area contributed by atoms with E-state index >= 15 is 0 Å². The second-order valence-corrected chi connectivity index (χ2v) is 5.59. The van der Waals surface area contributed by atoms with Crippen LogP contribution in [0.25, 0.3) is 21.8 Å². The van der Waals surface area contributed by atoms with E-state index in [-0.39, 0.29) is 11.6 Å². The number of fused-ring (bicyclic) bond motifs is 2. The number of Topliss-reactive ketones (excluding diaryl/α,β-unsaturated/α-hetero) is 2. The summed E-state index contributed by atoms with van der Waals surface area (Å²) < 4.78 is 0. The van der Waals surface area contributed by atoms with Crippen LogP contribution < -0.4 is 0 Å². The molecule has 2 aromatic heterocycles. The summed E-state index contributed by atoms with van der Waals surface area (Å²) in [6.07, 6.45) is 0. The average Bonchev–Trinajstić information content (AvgIpc) is 2.43. The number of nitrogens with zero attached hydrogens (tertiary/aromatic N) is 2. The number of hydrogen-bond acceptors (Lipinski definition) is 4. The third-order valence-corrected chi connectivity index (χ3v) is 3.89. The Morgan fingerprint density at radius 3 is 1.50 bits per heavy atom. The van der Waals surface area contributed by atoms with Crippen LogP contribution in [0.4, 0.5) is 0 Å². The van der Waals surface area contributed by atoms with E-state index in [1.54, 1.807) is 0 Å². The smallest absolute Gasteiger partial charge is 0.161 e. The lowest BCUT2D eigenvalue weighted by atomic mass is 10.0. The lowest BCUT2D eigenvalue weighted by Gasteiger charge is -2.08. The zero-order valence-corrected chi connectivity index (χ0v) is 13.0. The summed E-state index contributed by atoms with van der Waals surface area (Å²) in [5, 5.41) is 1.76. The van der Waals surface area contributed by atoms with Crippen molar-refractivity contribution < 1.29 is 9.59 Å². The van der Waals surface area contributed by atoms with Gasteiger partial charge in [-0.15, -0.1) is 0 Å². The molecule has 0 radical (unpaired) electrons. The molecule has 2 heterocycles. The van der Waals surface area contributed by atoms with Crippen molar-refractivity contribution in [1.82, 2.24) is 9.97 Å². The normalized spacial score (nSPS) is 11.1. The first-order chi connectivity index (χ1) is 10.4. The number of carbonyl (C=O) groups excluding carboxylic acids is 2. The molecule has 4 nitrogen and oxygen atoms in total. The molecule has 4 heteroatoms. The molecule has 0 fully saturated rings. The van der Waals surface area contributed by atoms with Crippen LogP contribution in [0.15, 0.2) is 24.3 Å². The topological polar surface area (TPSA) is 59.9 Å². The van der Waals surface area contributed by atoms with Crippen LogP contribution in [0.3, 0.4) is 0 Å². The van der Waals surface area contributed by atoms with Crippen LogP contribution in [-0.2, 0) is 0 Å². The first-order valence-corrected chi connectivity index (χ1v) is 7.11. The summed E-state index contributed by atoms with van der Waals surface area (Å²) in [5.41, 5.74) is 4.29. The van der Waals surface area contributed by atoms with Crippen molar-refractivity contribution in [2.75, 3.05) is 0 Å². The van der Waals surface area contributed by atoms with Crippen LogP contribution in [0.1, 0.15) is 46.0 Å². The second-order valence-electron chi connectivity index (χ2n) is 5.59. The first kappa shape index (κ1) is 14.3. The van der Waals surface area contributed by atoms with Crippen molar-refractivity contribution in [2.45, 2.75) is 27.7 Å². The molecule has 0 amide bonds. The molecule has 0 saturated carbocycles. The van der Waals surface area contributed by atoms with Crippen LogP contribution in [-0.4, -0.2) is 21.5 Å². The third-order valence-electron chi connectivity index (χ3n) is 3.89. The molecule has 0 spiro atoms. The van der Waals surface area contributed by atoms with Crippen molar-refractivity contribution in [3.05, 3.63) is 46.8 Å². The minimum Gasteiger partial charge on any atom is -0.294 e. The number of carbonyl (C=O) groups is 2. The minimum atomic E-state index is -0.00143. The monoisotopic (exact) mass is 292 g/mol. The molecule has 0 saturated heterocycles. The summed E-state index contributed by atoms with van der Waals surface area (Å²) >= 11 is 0. The zero-order valence-electron chi connectivity index (χ0n) is 13.0. The van der Waals surface area contributed by atoms with Crippen molar-refractivity contribution >= 4 is 33.4 Å². The molecule has 1 aromatic carbocycles. The van der Waals surface area contributed by atoms with E-state index in [0.29, 0.717) is 11.1 Å². The highest BCUT2D eigenvalue weighted by Crippen LogP contribution is 2.24. The summed E-state index contributed by atoms with van der Waals surface area (Å²) in [5.74, 6) is -0.00286. The summed E-state index contributed by atoms with van der Waals surface area (Å²) in [7, 11) is 0. The highest BCUT2D eigenvalue weighted by atomic mass is 16.1. The Labute approximate surface area is 128 Å². The molecular weight excluding hydrogens is 276 g/mol. The molecule has 0 bridgehead atoms. The highest BCUT2D eigenvalue weighted by molar-refractivity contribution is 6.03. The molecule has 0 unspecified atom stereocenters. The van der Waals surface area contributed by atoms with Crippen molar-refractivity contribution in [1.29, 1.82) is 0 Å². The minimum absolute atomic E-state index is 0.00143. The lowest BCUT2D eigenvalue weighted by Crippen LogP contribution is -2.01. The number of aromatic nitrogens is 2. The maximum atomic E-state index is 11.7. The molecule has 3 aromatic rings. The van der Waals surface area contributed by atoms with E-state index in [9.17, 15) is 9.59 Å². The molecule has 0 aliphatic heterocycles. The number of rotatable bonds is 2. The Kier molecular flexibility index (Phi) is 3.24.